The largest absolute Gasteiger partial charge is 0.419 e. The van der Waals surface area contributed by atoms with Gasteiger partial charge >= 0.3 is 0 Å². The van der Waals surface area contributed by atoms with Crippen LogP contribution in [0.4, 0.5) is 0 Å². The lowest BCUT2D eigenvalue weighted by atomic mass is 9.97. The molecule has 26 heavy (non-hydrogen) atoms. The molecule has 8 heteroatoms. The Morgan fingerprint density at radius 2 is 2.00 bits per heavy atom. The summed E-state index contributed by atoms with van der Waals surface area (Å²) in [6.45, 7) is 2.38. The van der Waals surface area contributed by atoms with Crippen molar-refractivity contribution in [2.24, 2.45) is 7.05 Å². The van der Waals surface area contributed by atoms with Crippen LogP contribution in [0.15, 0.2) is 34.7 Å². The quantitative estimate of drug-likeness (QED) is 0.746. The smallest absolute Gasteiger partial charge is 0.247 e. The average molecular weight is 354 g/mol. The fraction of sp³-hybridized carbons (Fsp3) is 0.444. The van der Waals surface area contributed by atoms with E-state index in [0.717, 1.165) is 37.3 Å². The molecule has 0 spiro atoms. The molecule has 1 aliphatic heterocycles. The van der Waals surface area contributed by atoms with E-state index in [0.29, 0.717) is 24.2 Å². The lowest BCUT2D eigenvalue weighted by Gasteiger charge is -2.31. The Morgan fingerprint density at radius 1 is 1.15 bits per heavy atom. The predicted octanol–water partition coefficient (Wildman–Crippen LogP) is 1.74. The highest BCUT2D eigenvalue weighted by atomic mass is 16.4. The summed E-state index contributed by atoms with van der Waals surface area (Å²) in [6, 6.07) is 9.79. The number of benzene rings is 1. The lowest BCUT2D eigenvalue weighted by molar-refractivity contribution is 0.179. The molecule has 1 aromatic carbocycles. The van der Waals surface area contributed by atoms with Gasteiger partial charge in [-0.1, -0.05) is 18.2 Å². The van der Waals surface area contributed by atoms with Gasteiger partial charge in [-0.2, -0.15) is 0 Å². The van der Waals surface area contributed by atoms with Crippen LogP contribution in [0, 0.1) is 0 Å². The Labute approximate surface area is 151 Å². The maximum Gasteiger partial charge on any atom is 0.247 e. The second kappa shape index (κ2) is 7.35. The van der Waals surface area contributed by atoms with Crippen LogP contribution in [-0.2, 0) is 20.2 Å². The first-order valence-electron chi connectivity index (χ1n) is 8.83. The van der Waals surface area contributed by atoms with Gasteiger partial charge in [-0.05, 0) is 31.5 Å². The molecule has 0 bridgehead atoms. The van der Waals surface area contributed by atoms with Crippen molar-refractivity contribution >= 4 is 0 Å². The fourth-order valence-corrected chi connectivity index (χ4v) is 3.48. The molecule has 1 fully saturated rings. The van der Waals surface area contributed by atoms with E-state index in [2.05, 4.69) is 25.3 Å². The number of hydrogen-bond donors (Lipinski definition) is 1. The van der Waals surface area contributed by atoms with Crippen molar-refractivity contribution in [3.8, 4) is 11.5 Å². The van der Waals surface area contributed by atoms with Crippen molar-refractivity contribution in [2.45, 2.75) is 31.9 Å². The summed E-state index contributed by atoms with van der Waals surface area (Å²) in [6.07, 6.45) is 2.14. The van der Waals surface area contributed by atoms with E-state index in [9.17, 15) is 5.11 Å². The molecule has 1 saturated heterocycles. The van der Waals surface area contributed by atoms with Gasteiger partial charge in [0.05, 0.1) is 6.54 Å². The highest BCUT2D eigenvalue weighted by molar-refractivity contribution is 5.51. The first-order chi connectivity index (χ1) is 12.7. The normalized spacial score (nSPS) is 18.3. The van der Waals surface area contributed by atoms with E-state index in [4.69, 9.17) is 4.42 Å². The number of nitrogens with zero attached hydrogens (tertiary/aromatic N) is 6. The standard InChI is InChI=1S/C18H22N6O2/c1-23-15(12-25)19-21-17(23)14-8-5-9-24(10-14)11-16-20-22-18(26-16)13-6-3-2-4-7-13/h2-4,6-7,14,25H,5,8-12H2,1H3/t14-/m1/s1. The number of aliphatic hydroxyl groups excluding tert-OH is 1. The zero-order chi connectivity index (χ0) is 17.9. The molecule has 0 radical (unpaired) electrons. The van der Waals surface area contributed by atoms with Gasteiger partial charge < -0.3 is 14.1 Å². The van der Waals surface area contributed by atoms with Crippen molar-refractivity contribution < 1.29 is 9.52 Å². The molecular weight excluding hydrogens is 332 g/mol. The van der Waals surface area contributed by atoms with Gasteiger partial charge in [0.25, 0.3) is 0 Å². The third-order valence-corrected chi connectivity index (χ3v) is 4.86. The summed E-state index contributed by atoms with van der Waals surface area (Å²) in [5.41, 5.74) is 0.929. The van der Waals surface area contributed by atoms with E-state index >= 15 is 0 Å². The number of aromatic nitrogens is 5. The van der Waals surface area contributed by atoms with Crippen LogP contribution in [0.5, 0.6) is 0 Å². The summed E-state index contributed by atoms with van der Waals surface area (Å²) in [4.78, 5) is 2.31. The summed E-state index contributed by atoms with van der Waals surface area (Å²) >= 11 is 0. The van der Waals surface area contributed by atoms with Crippen LogP contribution in [0.1, 0.15) is 36.3 Å². The van der Waals surface area contributed by atoms with Crippen molar-refractivity contribution in [2.75, 3.05) is 13.1 Å². The Balaban J connectivity index is 1.44. The van der Waals surface area contributed by atoms with Gasteiger partial charge in [-0.25, -0.2) is 0 Å². The number of hydrogen-bond acceptors (Lipinski definition) is 7. The molecule has 4 rings (SSSR count). The lowest BCUT2D eigenvalue weighted by Crippen LogP contribution is -2.35. The number of piperidine rings is 1. The van der Waals surface area contributed by atoms with Crippen LogP contribution in [0.3, 0.4) is 0 Å². The Hall–Kier alpha value is -2.58. The van der Waals surface area contributed by atoms with Crippen molar-refractivity contribution in [1.82, 2.24) is 29.9 Å². The molecule has 1 N–H and O–H groups in total. The summed E-state index contributed by atoms with van der Waals surface area (Å²) < 4.78 is 7.73. The molecule has 8 nitrogen and oxygen atoms in total. The van der Waals surface area contributed by atoms with E-state index in [1.54, 1.807) is 0 Å². The average Bonchev–Trinajstić information content (AvgIpc) is 3.29. The van der Waals surface area contributed by atoms with E-state index in [-0.39, 0.29) is 12.5 Å². The molecular formula is C18H22N6O2. The van der Waals surface area contributed by atoms with Crippen LogP contribution in [0.25, 0.3) is 11.5 Å². The molecule has 2 aromatic heterocycles. The molecule has 136 valence electrons. The molecule has 1 aliphatic rings. The molecule has 3 heterocycles. The summed E-state index contributed by atoms with van der Waals surface area (Å²) in [7, 11) is 1.91. The minimum atomic E-state index is -0.0931. The van der Waals surface area contributed by atoms with Crippen molar-refractivity contribution in [3.05, 3.63) is 47.9 Å². The SMILES string of the molecule is Cn1c(CO)nnc1[C@@H]1CCCN(Cc2nnc(-c3ccccc3)o2)C1. The van der Waals surface area contributed by atoms with E-state index in [1.165, 1.54) is 0 Å². The van der Waals surface area contributed by atoms with Crippen LogP contribution in [0.2, 0.25) is 0 Å². The Bertz CT molecular complexity index is 860. The highest BCUT2D eigenvalue weighted by Crippen LogP contribution is 2.27. The van der Waals surface area contributed by atoms with Gasteiger partial charge in [0.1, 0.15) is 12.4 Å². The van der Waals surface area contributed by atoms with Crippen LogP contribution < -0.4 is 0 Å². The summed E-state index contributed by atoms with van der Waals surface area (Å²) in [5, 5.41) is 26.0. The van der Waals surface area contributed by atoms with Gasteiger partial charge in [0.2, 0.25) is 11.8 Å². The first kappa shape index (κ1) is 16.9. The molecule has 0 aliphatic carbocycles. The topological polar surface area (TPSA) is 93.1 Å². The molecule has 0 amide bonds. The molecule has 0 unspecified atom stereocenters. The van der Waals surface area contributed by atoms with Crippen LogP contribution >= 0.6 is 0 Å². The number of rotatable bonds is 5. The molecule has 3 aromatic rings. The number of likely N-dealkylation sites (tertiary alicyclic amines) is 1. The molecule has 0 saturated carbocycles. The second-order valence-electron chi connectivity index (χ2n) is 6.63. The predicted molar refractivity (Wildman–Crippen MR) is 93.9 cm³/mol. The monoisotopic (exact) mass is 354 g/mol. The molecule has 1 atom stereocenters. The third kappa shape index (κ3) is 3.38. The fourth-order valence-electron chi connectivity index (χ4n) is 3.48. The van der Waals surface area contributed by atoms with Gasteiger partial charge in [0, 0.05) is 25.1 Å². The highest BCUT2D eigenvalue weighted by Gasteiger charge is 2.26. The number of aliphatic hydroxyl groups is 1. The minimum absolute atomic E-state index is 0.0931. The zero-order valence-corrected chi connectivity index (χ0v) is 14.7. The van der Waals surface area contributed by atoms with Gasteiger partial charge in [-0.15, -0.1) is 20.4 Å². The zero-order valence-electron chi connectivity index (χ0n) is 14.7. The maximum atomic E-state index is 9.31. The van der Waals surface area contributed by atoms with Crippen LogP contribution in [-0.4, -0.2) is 48.1 Å². The summed E-state index contributed by atoms with van der Waals surface area (Å²) in [5.74, 6) is 2.99. The minimum Gasteiger partial charge on any atom is -0.419 e. The maximum absolute atomic E-state index is 9.31. The third-order valence-electron chi connectivity index (χ3n) is 4.86. The second-order valence-corrected chi connectivity index (χ2v) is 6.63. The van der Waals surface area contributed by atoms with Gasteiger partial charge in [-0.3, -0.25) is 4.90 Å². The van der Waals surface area contributed by atoms with E-state index in [1.807, 2.05) is 41.9 Å². The Morgan fingerprint density at radius 3 is 2.77 bits per heavy atom. The van der Waals surface area contributed by atoms with E-state index < -0.39 is 0 Å². The van der Waals surface area contributed by atoms with Crippen molar-refractivity contribution in [3.63, 3.8) is 0 Å². The van der Waals surface area contributed by atoms with Gasteiger partial charge in [0.15, 0.2) is 5.82 Å². The van der Waals surface area contributed by atoms with Crippen molar-refractivity contribution in [1.29, 1.82) is 0 Å². The first-order valence-corrected chi connectivity index (χ1v) is 8.83. The Kier molecular flexibility index (Phi) is 4.77.